The van der Waals surface area contributed by atoms with Crippen molar-refractivity contribution in [2.24, 2.45) is 5.92 Å². The molecule has 0 atom stereocenters. The Morgan fingerprint density at radius 3 is 1.09 bits per heavy atom. The van der Waals surface area contributed by atoms with Gasteiger partial charge in [-0.05, 0) is 61.4 Å². The minimum atomic E-state index is -0.166. The fraction of sp³-hybridized carbons (Fsp3) is 0.130. The van der Waals surface area contributed by atoms with Crippen molar-refractivity contribution in [2.45, 2.75) is 26.2 Å². The molecule has 1 aliphatic carbocycles. The lowest BCUT2D eigenvalue weighted by atomic mass is 10.1. The Balaban J connectivity index is 0.000000117. The summed E-state index contributed by atoms with van der Waals surface area (Å²) in [7, 11) is 0. The Labute approximate surface area is 643 Å². The molecule has 0 radical (unpaired) electrons. The highest BCUT2D eigenvalue weighted by atomic mass is 32.1. The van der Waals surface area contributed by atoms with E-state index in [1.54, 1.807) is 42.2 Å². The monoisotopic (exact) mass is 1530 g/mol. The maximum Gasteiger partial charge on any atom is 0.228 e. The van der Waals surface area contributed by atoms with Crippen LogP contribution in [0.3, 0.4) is 0 Å². The fourth-order valence-corrected chi connectivity index (χ4v) is 15.5. The van der Waals surface area contributed by atoms with Gasteiger partial charge in [-0.3, -0.25) is 39.7 Å². The predicted octanol–water partition coefficient (Wildman–Crippen LogP) is 14.2. The zero-order valence-electron chi connectivity index (χ0n) is 58.5. The van der Waals surface area contributed by atoms with Gasteiger partial charge in [0.1, 0.15) is 68.6 Å². The van der Waals surface area contributed by atoms with Crippen LogP contribution in [0.4, 0.5) is 23.3 Å². The molecule has 12 aromatic heterocycles. The van der Waals surface area contributed by atoms with E-state index in [1.807, 2.05) is 164 Å². The molecular weight excluding hydrogens is 1470 g/mol. The van der Waals surface area contributed by atoms with Crippen molar-refractivity contribution < 1.29 is 19.1 Å². The predicted molar refractivity (Wildman–Crippen MR) is 425 cm³/mol. The van der Waals surface area contributed by atoms with Crippen molar-refractivity contribution in [1.82, 2.24) is 105 Å². The molecule has 29 nitrogen and oxygen atoms in total. The molecule has 0 bridgehead atoms. The first-order valence-electron chi connectivity index (χ1n) is 34.5. The Kier molecular flexibility index (Phi) is 22.7. The lowest BCUT2D eigenvalue weighted by molar-refractivity contribution is -0.117. The second kappa shape index (κ2) is 34.5. The molecule has 18 rings (SSSR count). The van der Waals surface area contributed by atoms with Gasteiger partial charge in [0, 0.05) is 108 Å². The number of anilines is 4. The minimum Gasteiger partial charge on any atom is -0.384 e. The first-order chi connectivity index (χ1) is 54.0. The van der Waals surface area contributed by atoms with E-state index in [-0.39, 0.29) is 23.6 Å². The molecule has 1 aliphatic heterocycles. The van der Waals surface area contributed by atoms with E-state index in [0.29, 0.717) is 59.5 Å². The molecule has 13 heterocycles. The normalized spacial score (nSPS) is 12.5. The van der Waals surface area contributed by atoms with Crippen molar-refractivity contribution in [3.63, 3.8) is 0 Å². The minimum absolute atomic E-state index is 0.0381. The smallest absolute Gasteiger partial charge is 0.228 e. The van der Waals surface area contributed by atoms with Crippen LogP contribution in [0.1, 0.15) is 26.2 Å². The van der Waals surface area contributed by atoms with Crippen molar-refractivity contribution in [3.05, 3.63) is 220 Å². The number of carbonyl (C=O) groups excluding carboxylic acids is 3. The number of hydrogen-bond acceptors (Lipinski definition) is 26. The number of benzene rings is 4. The summed E-state index contributed by atoms with van der Waals surface area (Å²) in [5, 5.41) is 39.3. The van der Waals surface area contributed by atoms with E-state index in [1.165, 1.54) is 66.2 Å². The Morgan fingerprint density at radius 1 is 0.427 bits per heavy atom. The van der Waals surface area contributed by atoms with Gasteiger partial charge < -0.3 is 26.4 Å². The number of nitrogens with one attached hydrogen (secondary N) is 7. The van der Waals surface area contributed by atoms with Gasteiger partial charge in [0.2, 0.25) is 17.7 Å². The number of thiazole rings is 4. The topological polar surface area (TPSA) is 395 Å². The van der Waals surface area contributed by atoms with Gasteiger partial charge in [-0.25, -0.2) is 59.8 Å². The van der Waals surface area contributed by atoms with Crippen LogP contribution in [0.5, 0.6) is 0 Å². The zero-order valence-corrected chi connectivity index (χ0v) is 61.7. The highest BCUT2D eigenvalue weighted by molar-refractivity contribution is 7.20. The van der Waals surface area contributed by atoms with Crippen molar-refractivity contribution in [2.75, 3.05) is 54.5 Å². The number of H-pyrrole nitrogens is 4. The van der Waals surface area contributed by atoms with Gasteiger partial charge in [0.25, 0.3) is 0 Å². The number of carbonyl (C=O) groups is 3. The van der Waals surface area contributed by atoms with Crippen LogP contribution in [0.2, 0.25) is 0 Å². The number of hydrogen-bond donors (Lipinski definition) is 8. The highest BCUT2D eigenvalue weighted by Crippen LogP contribution is 2.44. The summed E-state index contributed by atoms with van der Waals surface area (Å²) in [6.07, 6.45) is 15.0. The van der Waals surface area contributed by atoms with Crippen LogP contribution >= 0.6 is 45.3 Å². The Morgan fingerprint density at radius 2 is 0.764 bits per heavy atom. The zero-order chi connectivity index (χ0) is 75.0. The molecule has 1 saturated carbocycles. The van der Waals surface area contributed by atoms with Gasteiger partial charge in [0.15, 0.2) is 23.3 Å². The van der Waals surface area contributed by atoms with Gasteiger partial charge in [-0.1, -0.05) is 121 Å². The third-order valence-electron chi connectivity index (χ3n) is 16.8. The SMILES string of the molecule is CC(=O)Nc1cc(-c2nc(-c3ccccc3)c(-c3ncn[nH]3)s2)ccn1.Nc1cc(-c2nc(-c3ccccc3)c(-c3ncn[nH]3)s2)ccn1.O=C(CCN1CCOCC1)Nc1cc(-c2nc(-c3ccccc3)c(-c3ncn[nH]3)s2)ccn1.O=C(Nc1cc(-c2nc(-c3ccccc3)c(-c3ncn[nH]3)s2)ccn1)C1CC1. The number of aromatic nitrogens is 20. The van der Waals surface area contributed by atoms with Crippen LogP contribution in [0.25, 0.3) is 130 Å². The van der Waals surface area contributed by atoms with Gasteiger partial charge in [0.05, 0.1) is 55.5 Å². The van der Waals surface area contributed by atoms with E-state index in [2.05, 4.69) is 102 Å². The van der Waals surface area contributed by atoms with Crippen LogP contribution in [0, 0.1) is 5.92 Å². The van der Waals surface area contributed by atoms with Crippen LogP contribution < -0.4 is 21.7 Å². The molecule has 1 saturated heterocycles. The van der Waals surface area contributed by atoms with E-state index < -0.39 is 0 Å². The molecule has 3 amide bonds. The third kappa shape index (κ3) is 18.0. The molecule has 0 spiro atoms. The van der Waals surface area contributed by atoms with Crippen molar-refractivity contribution >= 4 is 86.3 Å². The number of amides is 3. The Bertz CT molecular complexity index is 5700. The van der Waals surface area contributed by atoms with Crippen molar-refractivity contribution in [1.29, 1.82) is 0 Å². The summed E-state index contributed by atoms with van der Waals surface area (Å²) in [5.74, 6) is 4.69. The summed E-state index contributed by atoms with van der Waals surface area (Å²) >= 11 is 6.10. The first-order valence-corrected chi connectivity index (χ1v) is 37.8. The van der Waals surface area contributed by atoms with Gasteiger partial charge in [-0.15, -0.1) is 45.3 Å². The van der Waals surface area contributed by atoms with E-state index in [4.69, 9.17) is 30.4 Å². The number of rotatable bonds is 19. The number of ether oxygens (including phenoxy) is 1. The molecule has 546 valence electrons. The van der Waals surface area contributed by atoms with Crippen LogP contribution in [0.15, 0.2) is 220 Å². The second-order valence-corrected chi connectivity index (χ2v) is 28.5. The number of nitrogens with zero attached hydrogens (tertiary/aromatic N) is 17. The largest absolute Gasteiger partial charge is 0.384 e. The summed E-state index contributed by atoms with van der Waals surface area (Å²) in [6, 6.07) is 54.8. The standard InChI is InChI=1S/C23H23N7O2S.C20H16N6OS.C18H14N6OS.C16H12N6S/c31-19(7-9-30-10-12-32-13-11-30)27-18-14-17(6-8-24-18)23-28-20(16-4-2-1-3-5-16)21(33-23)22-25-15-26-29-22;27-19(13-6-7-13)24-15-10-14(8-9-21-15)20-25-16(12-4-2-1-3-5-12)17(28-20)18-22-11-23-26-18;1-11(25)22-14-9-13(7-8-19-14)18-23-15(12-5-3-2-4-6-12)16(26-18)17-20-10-21-24-17;17-12-8-11(6-7-18-12)16-21-13(10-4-2-1-3-5-10)14(23-16)15-19-9-20-22-15/h1-6,8,14-15H,7,9-13H2,(H,24,27,31)(H,25,26,29);1-5,8-11,13H,6-7H2,(H,21,24,27)(H,22,23,26);2-10H,1H3,(H,19,22,25)(H,20,21,24);1-9H,(H2,17,18)(H,19,20,22). The summed E-state index contributed by atoms with van der Waals surface area (Å²) in [4.78, 5) is 95.0. The number of pyridine rings is 4. The Hall–Kier alpha value is -13.3. The molecule has 33 heteroatoms. The number of aromatic amines is 4. The summed E-state index contributed by atoms with van der Waals surface area (Å²) < 4.78 is 5.35. The molecule has 0 unspecified atom stereocenters. The van der Waals surface area contributed by atoms with Crippen molar-refractivity contribution in [3.8, 4) is 130 Å². The summed E-state index contributed by atoms with van der Waals surface area (Å²) in [5.41, 5.74) is 16.8. The van der Waals surface area contributed by atoms with Crippen LogP contribution in [-0.4, -0.2) is 156 Å². The quantitative estimate of drug-likeness (QED) is 0.0373. The maximum atomic E-state index is 12.5. The highest BCUT2D eigenvalue weighted by Gasteiger charge is 2.30. The number of nitrogens with two attached hydrogens (primary N) is 1. The average molecular weight is 1530 g/mol. The van der Waals surface area contributed by atoms with Gasteiger partial charge >= 0.3 is 0 Å². The molecule has 16 aromatic rings. The fourth-order valence-electron chi connectivity index (χ4n) is 11.4. The average Bonchev–Trinajstić information content (AvgIpc) is 1.66. The van der Waals surface area contributed by atoms with E-state index in [0.717, 1.165) is 146 Å². The molecule has 9 N–H and O–H groups in total. The molecule has 2 fully saturated rings. The molecular formula is C77H65N25O4S4. The van der Waals surface area contributed by atoms with E-state index >= 15 is 0 Å². The van der Waals surface area contributed by atoms with Gasteiger partial charge in [-0.2, -0.15) is 20.4 Å². The lowest BCUT2D eigenvalue weighted by Crippen LogP contribution is -2.38. The summed E-state index contributed by atoms with van der Waals surface area (Å²) in [6.45, 7) is 5.33. The first kappa shape index (κ1) is 72.3. The third-order valence-corrected chi connectivity index (χ3v) is 21.2. The number of nitrogen functional groups attached to an aromatic ring is 1. The van der Waals surface area contributed by atoms with Crippen LogP contribution in [-0.2, 0) is 19.1 Å². The molecule has 4 aromatic carbocycles. The molecule has 110 heavy (non-hydrogen) atoms. The lowest BCUT2D eigenvalue weighted by Gasteiger charge is -2.26. The maximum absolute atomic E-state index is 12.5. The molecule has 2 aliphatic rings. The number of morpholine rings is 1. The second-order valence-electron chi connectivity index (χ2n) is 24.5. The van der Waals surface area contributed by atoms with E-state index in [9.17, 15) is 14.4 Å².